The molecule has 2 atom stereocenters. The van der Waals surface area contributed by atoms with Gasteiger partial charge in [-0.25, -0.2) is 14.6 Å². The van der Waals surface area contributed by atoms with Gasteiger partial charge in [0.1, 0.15) is 0 Å². The van der Waals surface area contributed by atoms with Gasteiger partial charge in [-0.3, -0.25) is 0 Å². The van der Waals surface area contributed by atoms with Gasteiger partial charge in [0.25, 0.3) is 0 Å². The van der Waals surface area contributed by atoms with E-state index in [2.05, 4.69) is 15.6 Å². The summed E-state index contributed by atoms with van der Waals surface area (Å²) in [4.78, 5) is 9.55. The van der Waals surface area contributed by atoms with Crippen molar-refractivity contribution in [1.82, 2.24) is 25.0 Å². The van der Waals surface area contributed by atoms with E-state index in [0.29, 0.717) is 23.0 Å². The molecular formula is C20H26N6O. The molecular weight excluding hydrogens is 340 g/mol. The Morgan fingerprint density at radius 1 is 1.19 bits per heavy atom. The summed E-state index contributed by atoms with van der Waals surface area (Å²) >= 11 is 0. The zero-order valence-corrected chi connectivity index (χ0v) is 15.8. The number of aliphatic hydroxyl groups excluding tert-OH is 1. The molecule has 1 fully saturated rings. The molecule has 0 saturated heterocycles. The maximum atomic E-state index is 10.2. The van der Waals surface area contributed by atoms with E-state index >= 15 is 0 Å². The number of rotatable bonds is 6. The third-order valence-corrected chi connectivity index (χ3v) is 5.34. The Labute approximate surface area is 158 Å². The molecule has 7 heteroatoms. The molecule has 4 rings (SSSR count). The van der Waals surface area contributed by atoms with Crippen molar-refractivity contribution >= 4 is 17.0 Å². The molecule has 0 bridgehead atoms. The summed E-state index contributed by atoms with van der Waals surface area (Å²) < 4.78 is 1.74. The Morgan fingerprint density at radius 2 is 1.93 bits per heavy atom. The predicted octanol–water partition coefficient (Wildman–Crippen LogP) is 3.57. The molecule has 142 valence electrons. The minimum atomic E-state index is -0.540. The summed E-state index contributed by atoms with van der Waals surface area (Å²) in [5, 5.41) is 22.4. The van der Waals surface area contributed by atoms with Crippen LogP contribution in [0.1, 0.15) is 52.0 Å². The number of nitrogens with zero attached hydrogens (tertiary/aromatic N) is 5. The second kappa shape index (κ2) is 7.60. The number of fused-ring (bicyclic) bond motifs is 1. The topological polar surface area (TPSA) is 88.8 Å². The zero-order chi connectivity index (χ0) is 18.8. The van der Waals surface area contributed by atoms with Crippen molar-refractivity contribution in [2.24, 2.45) is 0 Å². The zero-order valence-electron chi connectivity index (χ0n) is 15.8. The highest BCUT2D eigenvalue weighted by molar-refractivity contribution is 5.84. The minimum Gasteiger partial charge on any atom is -0.391 e. The molecule has 0 aliphatic heterocycles. The summed E-state index contributed by atoms with van der Waals surface area (Å²) in [6, 6.07) is 10.2. The molecule has 0 unspecified atom stereocenters. The first kappa shape index (κ1) is 17.9. The average molecular weight is 366 g/mol. The van der Waals surface area contributed by atoms with Gasteiger partial charge in [0.15, 0.2) is 22.8 Å². The van der Waals surface area contributed by atoms with Crippen LogP contribution in [0.4, 0.5) is 5.82 Å². The van der Waals surface area contributed by atoms with Crippen LogP contribution in [0.2, 0.25) is 0 Å². The molecule has 1 saturated carbocycles. The number of anilines is 1. The van der Waals surface area contributed by atoms with Gasteiger partial charge in [-0.2, -0.15) is 0 Å². The maximum absolute atomic E-state index is 10.2. The summed E-state index contributed by atoms with van der Waals surface area (Å²) in [5.41, 5.74) is 2.28. The fraction of sp³-hybridized carbons (Fsp3) is 0.500. The second-order valence-corrected chi connectivity index (χ2v) is 7.31. The molecule has 2 heterocycles. The Hall–Kier alpha value is -2.54. The van der Waals surface area contributed by atoms with Crippen LogP contribution < -0.4 is 5.32 Å². The quantitative estimate of drug-likeness (QED) is 0.693. The van der Waals surface area contributed by atoms with E-state index in [1.54, 1.807) is 11.6 Å². The lowest BCUT2D eigenvalue weighted by molar-refractivity contribution is 0.121. The fourth-order valence-electron chi connectivity index (χ4n) is 3.85. The van der Waals surface area contributed by atoms with Crippen molar-refractivity contribution in [2.75, 3.05) is 5.32 Å². The van der Waals surface area contributed by atoms with E-state index in [1.165, 1.54) is 12.8 Å². The second-order valence-electron chi connectivity index (χ2n) is 7.31. The number of aromatic nitrogens is 5. The molecule has 7 nitrogen and oxygen atoms in total. The van der Waals surface area contributed by atoms with E-state index in [4.69, 9.17) is 9.97 Å². The van der Waals surface area contributed by atoms with Crippen molar-refractivity contribution in [3.8, 4) is 11.4 Å². The third kappa shape index (κ3) is 3.51. The molecule has 2 aromatic heterocycles. The monoisotopic (exact) mass is 366 g/mol. The van der Waals surface area contributed by atoms with Crippen molar-refractivity contribution in [3.63, 3.8) is 0 Å². The van der Waals surface area contributed by atoms with Gasteiger partial charge in [0, 0.05) is 11.6 Å². The van der Waals surface area contributed by atoms with E-state index in [1.807, 2.05) is 37.3 Å². The van der Waals surface area contributed by atoms with Gasteiger partial charge in [-0.1, -0.05) is 55.3 Å². The van der Waals surface area contributed by atoms with Gasteiger partial charge in [0.2, 0.25) is 0 Å². The lowest BCUT2D eigenvalue weighted by atomic mass is 10.1. The lowest BCUT2D eigenvalue weighted by Gasteiger charge is -2.19. The number of benzene rings is 1. The third-order valence-electron chi connectivity index (χ3n) is 5.34. The predicted molar refractivity (Wildman–Crippen MR) is 105 cm³/mol. The van der Waals surface area contributed by atoms with Crippen LogP contribution in [0, 0.1) is 0 Å². The number of aliphatic hydroxyl groups is 1. The standard InChI is InChI=1S/C20H26N6O/c1-3-16(13(2)27)26-20-17(24-25-26)19(21-15-11-7-8-12-15)22-18(23-20)14-9-5-4-6-10-14/h4-6,9-10,13,15-16,27H,3,7-8,11-12H2,1-2H3,(H,21,22,23)/t13-,16+/m1/s1. The number of nitrogens with one attached hydrogen (secondary N) is 1. The van der Waals surface area contributed by atoms with Gasteiger partial charge < -0.3 is 10.4 Å². The number of hydrogen-bond acceptors (Lipinski definition) is 6. The highest BCUT2D eigenvalue weighted by Gasteiger charge is 2.24. The SMILES string of the molecule is CC[C@@H]([C@@H](C)O)n1nnc2c(NC3CCCC3)nc(-c3ccccc3)nc21. The van der Waals surface area contributed by atoms with Gasteiger partial charge >= 0.3 is 0 Å². The first-order valence-corrected chi connectivity index (χ1v) is 9.80. The maximum Gasteiger partial charge on any atom is 0.184 e. The summed E-state index contributed by atoms with van der Waals surface area (Å²) in [5.74, 6) is 1.38. The Kier molecular flexibility index (Phi) is 5.03. The molecule has 27 heavy (non-hydrogen) atoms. The summed E-state index contributed by atoms with van der Waals surface area (Å²) in [6.07, 6.45) is 4.97. The number of hydrogen-bond donors (Lipinski definition) is 2. The van der Waals surface area contributed by atoms with Crippen molar-refractivity contribution in [2.45, 2.75) is 64.1 Å². The molecule has 2 N–H and O–H groups in total. The minimum absolute atomic E-state index is 0.173. The highest BCUT2D eigenvalue weighted by atomic mass is 16.3. The molecule has 0 amide bonds. The first-order chi connectivity index (χ1) is 13.2. The molecule has 0 radical (unpaired) electrons. The summed E-state index contributed by atoms with van der Waals surface area (Å²) in [6.45, 7) is 3.81. The van der Waals surface area contributed by atoms with Gasteiger partial charge in [0.05, 0.1) is 12.1 Å². The Bertz CT molecular complexity index is 901. The molecule has 0 spiro atoms. The van der Waals surface area contributed by atoms with E-state index in [-0.39, 0.29) is 6.04 Å². The van der Waals surface area contributed by atoms with Crippen molar-refractivity contribution in [3.05, 3.63) is 30.3 Å². The normalized spacial score (nSPS) is 17.3. The smallest absolute Gasteiger partial charge is 0.184 e. The fourth-order valence-corrected chi connectivity index (χ4v) is 3.85. The van der Waals surface area contributed by atoms with Crippen LogP contribution in [0.25, 0.3) is 22.6 Å². The largest absolute Gasteiger partial charge is 0.391 e. The Balaban J connectivity index is 1.85. The van der Waals surface area contributed by atoms with Gasteiger partial charge in [-0.15, -0.1) is 5.10 Å². The van der Waals surface area contributed by atoms with Crippen LogP contribution in [0.15, 0.2) is 30.3 Å². The molecule has 1 aliphatic rings. The Morgan fingerprint density at radius 3 is 2.59 bits per heavy atom. The molecule has 1 aliphatic carbocycles. The van der Waals surface area contributed by atoms with Gasteiger partial charge in [-0.05, 0) is 26.2 Å². The van der Waals surface area contributed by atoms with E-state index < -0.39 is 6.10 Å². The van der Waals surface area contributed by atoms with Crippen LogP contribution in [-0.4, -0.2) is 42.2 Å². The average Bonchev–Trinajstić information content (AvgIpc) is 3.33. The van der Waals surface area contributed by atoms with Crippen LogP contribution in [0.5, 0.6) is 0 Å². The highest BCUT2D eigenvalue weighted by Crippen LogP contribution is 2.29. The van der Waals surface area contributed by atoms with Crippen LogP contribution >= 0.6 is 0 Å². The lowest BCUT2D eigenvalue weighted by Crippen LogP contribution is -2.22. The molecule has 1 aromatic carbocycles. The van der Waals surface area contributed by atoms with Crippen molar-refractivity contribution in [1.29, 1.82) is 0 Å². The summed E-state index contributed by atoms with van der Waals surface area (Å²) in [7, 11) is 0. The van der Waals surface area contributed by atoms with E-state index in [0.717, 1.165) is 30.6 Å². The van der Waals surface area contributed by atoms with Crippen LogP contribution in [0.3, 0.4) is 0 Å². The molecule has 3 aromatic rings. The van der Waals surface area contributed by atoms with E-state index in [9.17, 15) is 5.11 Å². The van der Waals surface area contributed by atoms with Crippen LogP contribution in [-0.2, 0) is 0 Å². The first-order valence-electron chi connectivity index (χ1n) is 9.80. The van der Waals surface area contributed by atoms with Crippen molar-refractivity contribution < 1.29 is 5.11 Å².